The van der Waals surface area contributed by atoms with Crippen molar-refractivity contribution >= 4 is 28.6 Å². The van der Waals surface area contributed by atoms with Gasteiger partial charge >= 0.3 is 9.90 Å². The lowest BCUT2D eigenvalue weighted by molar-refractivity contribution is -0.176. The van der Waals surface area contributed by atoms with Gasteiger partial charge in [-0.3, -0.25) is 4.79 Å². The zero-order valence-electron chi connectivity index (χ0n) is 9.67. The van der Waals surface area contributed by atoms with Crippen LogP contribution in [0.1, 0.15) is 18.4 Å². The van der Waals surface area contributed by atoms with Gasteiger partial charge in [-0.2, -0.15) is 8.78 Å². The van der Waals surface area contributed by atoms with E-state index in [1.54, 1.807) is 24.3 Å². The molecule has 1 aliphatic rings. The normalized spacial score (nSPS) is 24.7. The summed E-state index contributed by atoms with van der Waals surface area (Å²) >= 11 is 1.06. The van der Waals surface area contributed by atoms with Crippen LogP contribution in [0.15, 0.2) is 30.3 Å². The first-order valence-electron chi connectivity index (χ1n) is 5.74. The second-order valence-corrected chi connectivity index (χ2v) is 5.84. The Balaban J connectivity index is 2.34. The van der Waals surface area contributed by atoms with E-state index in [0.717, 1.165) is 28.2 Å². The SMILES string of the molecule is O=C1OCCCC1(Cc1ccccc1)C(F)(F)I. The lowest BCUT2D eigenvalue weighted by Gasteiger charge is -2.38. The summed E-state index contributed by atoms with van der Waals surface area (Å²) in [5.41, 5.74) is -1.000. The first kappa shape index (κ1) is 13.7. The highest BCUT2D eigenvalue weighted by Crippen LogP contribution is 2.50. The van der Waals surface area contributed by atoms with E-state index in [1.165, 1.54) is 0 Å². The number of hydrogen-bond acceptors (Lipinski definition) is 2. The Labute approximate surface area is 118 Å². The van der Waals surface area contributed by atoms with E-state index in [-0.39, 0.29) is 19.4 Å². The van der Waals surface area contributed by atoms with Crippen molar-refractivity contribution in [3.63, 3.8) is 0 Å². The summed E-state index contributed by atoms with van der Waals surface area (Å²) in [5, 5.41) is 0. The van der Waals surface area contributed by atoms with Crippen LogP contribution in [0, 0.1) is 5.41 Å². The number of carbonyl (C=O) groups excluding carboxylic acids is 1. The molecule has 0 spiro atoms. The molecule has 98 valence electrons. The second-order valence-electron chi connectivity index (χ2n) is 4.48. The van der Waals surface area contributed by atoms with E-state index < -0.39 is 15.3 Å². The summed E-state index contributed by atoms with van der Waals surface area (Å²) in [6.45, 7) is 0.238. The second kappa shape index (κ2) is 5.11. The molecule has 1 heterocycles. The zero-order chi connectivity index (χ0) is 13.2. The van der Waals surface area contributed by atoms with Crippen molar-refractivity contribution in [3.05, 3.63) is 35.9 Å². The van der Waals surface area contributed by atoms with Gasteiger partial charge in [0.25, 0.3) is 0 Å². The maximum atomic E-state index is 13.9. The summed E-state index contributed by atoms with van der Waals surface area (Å²) in [4.78, 5) is 11.9. The molecule has 5 heteroatoms. The third-order valence-electron chi connectivity index (χ3n) is 3.26. The summed E-state index contributed by atoms with van der Waals surface area (Å²) in [6.07, 6.45) is 0.663. The van der Waals surface area contributed by atoms with Gasteiger partial charge in [-0.15, -0.1) is 0 Å². The topological polar surface area (TPSA) is 26.3 Å². The summed E-state index contributed by atoms with van der Waals surface area (Å²) in [6, 6.07) is 8.89. The van der Waals surface area contributed by atoms with Gasteiger partial charge in [0.2, 0.25) is 0 Å². The number of benzene rings is 1. The van der Waals surface area contributed by atoms with Gasteiger partial charge in [0.05, 0.1) is 6.61 Å². The van der Waals surface area contributed by atoms with Gasteiger partial charge in [0.15, 0.2) is 0 Å². The number of carbonyl (C=O) groups is 1. The van der Waals surface area contributed by atoms with Gasteiger partial charge < -0.3 is 4.74 Å². The largest absolute Gasteiger partial charge is 0.465 e. The molecule has 0 aromatic heterocycles. The van der Waals surface area contributed by atoms with Crippen LogP contribution >= 0.6 is 22.6 Å². The van der Waals surface area contributed by atoms with Crippen molar-refractivity contribution in [2.24, 2.45) is 5.41 Å². The number of hydrogen-bond donors (Lipinski definition) is 0. The Kier molecular flexibility index (Phi) is 3.89. The van der Waals surface area contributed by atoms with Crippen LogP contribution in [0.3, 0.4) is 0 Å². The lowest BCUT2D eigenvalue weighted by atomic mass is 9.77. The predicted molar refractivity (Wildman–Crippen MR) is 71.7 cm³/mol. The van der Waals surface area contributed by atoms with Crippen LogP contribution < -0.4 is 0 Å². The molecule has 1 unspecified atom stereocenters. The van der Waals surface area contributed by atoms with Gasteiger partial charge in [-0.05, 0) is 47.4 Å². The first-order chi connectivity index (χ1) is 8.46. The average molecular weight is 366 g/mol. The molecule has 1 fully saturated rings. The van der Waals surface area contributed by atoms with E-state index in [2.05, 4.69) is 0 Å². The molecule has 0 amide bonds. The minimum atomic E-state index is -3.11. The van der Waals surface area contributed by atoms with Gasteiger partial charge in [-0.25, -0.2) is 0 Å². The Bertz CT molecular complexity index is 430. The minimum Gasteiger partial charge on any atom is -0.465 e. The van der Waals surface area contributed by atoms with Crippen molar-refractivity contribution in [1.29, 1.82) is 0 Å². The van der Waals surface area contributed by atoms with E-state index in [4.69, 9.17) is 4.74 Å². The standard InChI is InChI=1S/C13H13F2IO2/c14-13(15,16)12(7-4-8-18-11(12)17)9-10-5-2-1-3-6-10/h1-3,5-6H,4,7-9H2. The quantitative estimate of drug-likeness (QED) is 0.465. The van der Waals surface area contributed by atoms with E-state index in [1.807, 2.05) is 6.07 Å². The van der Waals surface area contributed by atoms with Crippen LogP contribution in [-0.2, 0) is 16.0 Å². The monoisotopic (exact) mass is 366 g/mol. The molecular formula is C13H13F2IO2. The molecule has 2 rings (SSSR count). The van der Waals surface area contributed by atoms with Crippen molar-refractivity contribution in [2.75, 3.05) is 6.61 Å². The average Bonchev–Trinajstić information content (AvgIpc) is 2.32. The lowest BCUT2D eigenvalue weighted by Crippen LogP contribution is -2.49. The Morgan fingerprint density at radius 2 is 2.00 bits per heavy atom. The highest BCUT2D eigenvalue weighted by molar-refractivity contribution is 14.1. The zero-order valence-corrected chi connectivity index (χ0v) is 11.8. The molecule has 0 N–H and O–H groups in total. The number of alkyl halides is 3. The number of rotatable bonds is 3. The number of esters is 1. The highest BCUT2D eigenvalue weighted by Gasteiger charge is 2.59. The molecule has 1 aromatic carbocycles. The molecule has 0 saturated carbocycles. The molecule has 18 heavy (non-hydrogen) atoms. The van der Waals surface area contributed by atoms with Gasteiger partial charge in [-0.1, -0.05) is 30.3 Å². The number of cyclic esters (lactones) is 1. The minimum absolute atomic E-state index is 0.0165. The molecule has 1 aromatic rings. The maximum absolute atomic E-state index is 13.9. The van der Waals surface area contributed by atoms with E-state index >= 15 is 0 Å². The number of ether oxygens (including phenoxy) is 1. The van der Waals surface area contributed by atoms with Crippen LogP contribution in [-0.4, -0.2) is 16.5 Å². The molecule has 2 nitrogen and oxygen atoms in total. The van der Waals surface area contributed by atoms with Crippen LogP contribution in [0.4, 0.5) is 8.78 Å². The van der Waals surface area contributed by atoms with E-state index in [0.29, 0.717) is 6.42 Å². The molecule has 0 aliphatic carbocycles. The molecule has 1 saturated heterocycles. The predicted octanol–water partition coefficient (Wildman–Crippen LogP) is 3.58. The number of halogens is 3. The fourth-order valence-corrected chi connectivity index (χ4v) is 2.92. The first-order valence-corrected chi connectivity index (χ1v) is 6.81. The van der Waals surface area contributed by atoms with Crippen LogP contribution in [0.5, 0.6) is 0 Å². The Hall–Kier alpha value is -0.720. The molecule has 0 radical (unpaired) electrons. The fourth-order valence-electron chi connectivity index (χ4n) is 2.24. The van der Waals surface area contributed by atoms with Crippen molar-refractivity contribution < 1.29 is 18.3 Å². The summed E-state index contributed by atoms with van der Waals surface area (Å²) in [7, 11) is 0. The molecule has 1 atom stereocenters. The Morgan fingerprint density at radius 1 is 1.33 bits per heavy atom. The summed E-state index contributed by atoms with van der Waals surface area (Å²) < 4.78 is 29.5. The highest BCUT2D eigenvalue weighted by atomic mass is 127. The molecule has 1 aliphatic heterocycles. The molecular weight excluding hydrogens is 353 g/mol. The fraction of sp³-hybridized carbons (Fsp3) is 0.462. The third kappa shape index (κ3) is 2.50. The smallest absolute Gasteiger partial charge is 0.319 e. The van der Waals surface area contributed by atoms with Gasteiger partial charge in [0.1, 0.15) is 5.41 Å². The third-order valence-corrected chi connectivity index (χ3v) is 4.30. The van der Waals surface area contributed by atoms with Gasteiger partial charge in [0, 0.05) is 0 Å². The van der Waals surface area contributed by atoms with Crippen molar-refractivity contribution in [2.45, 2.75) is 23.2 Å². The van der Waals surface area contributed by atoms with E-state index in [9.17, 15) is 13.6 Å². The van der Waals surface area contributed by atoms with Crippen LogP contribution in [0.2, 0.25) is 0 Å². The molecule has 0 bridgehead atoms. The van der Waals surface area contributed by atoms with Crippen molar-refractivity contribution in [1.82, 2.24) is 0 Å². The van der Waals surface area contributed by atoms with Crippen molar-refractivity contribution in [3.8, 4) is 0 Å². The Morgan fingerprint density at radius 3 is 2.56 bits per heavy atom. The van der Waals surface area contributed by atoms with Crippen LogP contribution in [0.25, 0.3) is 0 Å². The summed E-state index contributed by atoms with van der Waals surface area (Å²) in [5.74, 6) is -0.781. The maximum Gasteiger partial charge on any atom is 0.319 e.